The van der Waals surface area contributed by atoms with Crippen LogP contribution < -0.4 is 5.73 Å². The van der Waals surface area contributed by atoms with E-state index in [9.17, 15) is 9.59 Å². The Morgan fingerprint density at radius 2 is 1.87 bits per heavy atom. The van der Waals surface area contributed by atoms with Crippen molar-refractivity contribution in [3.8, 4) is 0 Å². The molecule has 1 atom stereocenters. The van der Waals surface area contributed by atoms with Crippen LogP contribution in [-0.4, -0.2) is 48.0 Å². The largest absolute Gasteiger partial charge is 0.381 e. The van der Waals surface area contributed by atoms with Crippen molar-refractivity contribution in [2.24, 2.45) is 5.73 Å². The number of carbonyl (C=O) groups is 2. The molecule has 1 aromatic carbocycles. The maximum Gasteiger partial charge on any atom is 0.233 e. The van der Waals surface area contributed by atoms with Crippen LogP contribution in [0, 0.1) is 6.92 Å². The number of piperidine rings is 1. The zero-order valence-corrected chi connectivity index (χ0v) is 17.5. The molecule has 2 N–H and O–H groups in total. The summed E-state index contributed by atoms with van der Waals surface area (Å²) in [4.78, 5) is 32.9. The Labute approximate surface area is 177 Å². The van der Waals surface area contributed by atoms with E-state index in [0.29, 0.717) is 51.1 Å². The van der Waals surface area contributed by atoms with Gasteiger partial charge in [0.1, 0.15) is 5.41 Å². The number of hydrogen-bond acceptors (Lipinski definition) is 4. The van der Waals surface area contributed by atoms with Crippen molar-refractivity contribution in [3.05, 3.63) is 65.5 Å². The lowest BCUT2D eigenvalue weighted by molar-refractivity contribution is -0.145. The lowest BCUT2D eigenvalue weighted by Gasteiger charge is -2.45. The molecular weight excluding hydrogens is 378 g/mol. The predicted molar refractivity (Wildman–Crippen MR) is 114 cm³/mol. The highest BCUT2D eigenvalue weighted by atomic mass is 16.5. The van der Waals surface area contributed by atoms with Gasteiger partial charge in [0, 0.05) is 32.5 Å². The number of hydrogen-bond donors (Lipinski definition) is 1. The van der Waals surface area contributed by atoms with Crippen LogP contribution in [0.4, 0.5) is 0 Å². The summed E-state index contributed by atoms with van der Waals surface area (Å²) in [5.74, 6) is -0.354. The third-order valence-corrected chi connectivity index (χ3v) is 6.73. The number of amides is 2. The molecule has 158 valence electrons. The molecule has 2 aromatic rings. The number of pyridine rings is 1. The number of nitrogens with two attached hydrogens (primary N) is 1. The number of likely N-dealkylation sites (tertiary alicyclic amines) is 1. The van der Waals surface area contributed by atoms with E-state index < -0.39 is 16.7 Å². The topological polar surface area (TPSA) is 85.5 Å². The Kier molecular flexibility index (Phi) is 5.60. The van der Waals surface area contributed by atoms with Crippen LogP contribution in [0.3, 0.4) is 0 Å². The number of nitrogens with zero attached hydrogens (tertiary/aromatic N) is 2. The monoisotopic (exact) mass is 407 g/mol. The minimum Gasteiger partial charge on any atom is -0.381 e. The van der Waals surface area contributed by atoms with Crippen molar-refractivity contribution in [2.45, 2.75) is 43.4 Å². The maximum absolute atomic E-state index is 14.0. The summed E-state index contributed by atoms with van der Waals surface area (Å²) in [5, 5.41) is 0. The predicted octanol–water partition coefficient (Wildman–Crippen LogP) is 2.48. The number of carbonyl (C=O) groups excluding carboxylic acids is 2. The van der Waals surface area contributed by atoms with Gasteiger partial charge in [-0.2, -0.15) is 0 Å². The quantitative estimate of drug-likeness (QED) is 0.844. The van der Waals surface area contributed by atoms with Crippen molar-refractivity contribution in [1.82, 2.24) is 9.88 Å². The molecule has 2 amide bonds. The fourth-order valence-corrected chi connectivity index (χ4v) is 5.00. The second-order valence-corrected chi connectivity index (χ2v) is 8.56. The third kappa shape index (κ3) is 3.49. The van der Waals surface area contributed by atoms with Crippen LogP contribution in [0.5, 0.6) is 0 Å². The molecule has 0 radical (unpaired) electrons. The van der Waals surface area contributed by atoms with Gasteiger partial charge in [0.05, 0.1) is 11.1 Å². The van der Waals surface area contributed by atoms with E-state index in [-0.39, 0.29) is 12.5 Å². The van der Waals surface area contributed by atoms with Gasteiger partial charge < -0.3 is 15.4 Å². The molecule has 0 aliphatic carbocycles. The SMILES string of the molecule is Cc1cccc(C2(C(=O)N3CCC[C@@](C(N)=O)(c4ccccn4)C3)CCOCC2)c1. The number of ether oxygens (including phenoxy) is 1. The Morgan fingerprint density at radius 1 is 1.07 bits per heavy atom. The summed E-state index contributed by atoms with van der Waals surface area (Å²) in [5.41, 5.74) is 7.13. The molecule has 0 spiro atoms. The first-order valence-electron chi connectivity index (χ1n) is 10.6. The second-order valence-electron chi connectivity index (χ2n) is 8.56. The molecule has 6 nitrogen and oxygen atoms in total. The summed E-state index contributed by atoms with van der Waals surface area (Å²) in [6.45, 7) is 4.03. The molecule has 2 fully saturated rings. The lowest BCUT2D eigenvalue weighted by Crippen LogP contribution is -2.59. The van der Waals surface area contributed by atoms with E-state index in [1.165, 1.54) is 0 Å². The highest BCUT2D eigenvalue weighted by Gasteiger charge is 2.50. The fourth-order valence-electron chi connectivity index (χ4n) is 5.00. The van der Waals surface area contributed by atoms with Gasteiger partial charge in [-0.3, -0.25) is 14.6 Å². The molecule has 2 aliphatic heterocycles. The molecule has 2 saturated heterocycles. The van der Waals surface area contributed by atoms with E-state index in [2.05, 4.69) is 11.1 Å². The Balaban J connectivity index is 1.71. The molecule has 0 bridgehead atoms. The summed E-state index contributed by atoms with van der Waals surface area (Å²) in [6.07, 6.45) is 4.26. The van der Waals surface area contributed by atoms with E-state index >= 15 is 0 Å². The van der Waals surface area contributed by atoms with Gasteiger partial charge in [-0.15, -0.1) is 0 Å². The van der Waals surface area contributed by atoms with Crippen LogP contribution in [-0.2, 0) is 25.2 Å². The Hall–Kier alpha value is -2.73. The zero-order valence-electron chi connectivity index (χ0n) is 17.5. The standard InChI is InChI=1S/C24H29N3O3/c1-18-6-4-7-19(16-18)23(10-14-30-15-11-23)22(29)27-13-5-9-24(17-27,21(25)28)20-8-2-3-12-26-20/h2-4,6-8,12,16H,5,9-11,13-15,17H2,1H3,(H2,25,28)/t24-/m0/s1. The fraction of sp³-hybridized carbons (Fsp3) is 0.458. The lowest BCUT2D eigenvalue weighted by atomic mass is 9.70. The number of rotatable bonds is 4. The van der Waals surface area contributed by atoms with Crippen molar-refractivity contribution in [1.29, 1.82) is 0 Å². The molecule has 6 heteroatoms. The highest BCUT2D eigenvalue weighted by molar-refractivity contribution is 5.91. The Bertz CT molecular complexity index is 924. The molecule has 2 aliphatic rings. The molecule has 4 rings (SSSR count). The normalized spacial score (nSPS) is 23.7. The minimum absolute atomic E-state index is 0.0673. The molecule has 30 heavy (non-hydrogen) atoms. The van der Waals surface area contributed by atoms with Gasteiger partial charge in [-0.1, -0.05) is 35.9 Å². The van der Waals surface area contributed by atoms with Crippen LogP contribution in [0.1, 0.15) is 42.5 Å². The van der Waals surface area contributed by atoms with Crippen molar-refractivity contribution in [2.75, 3.05) is 26.3 Å². The molecule has 0 unspecified atom stereocenters. The van der Waals surface area contributed by atoms with E-state index in [4.69, 9.17) is 10.5 Å². The average Bonchev–Trinajstić information content (AvgIpc) is 2.79. The first-order chi connectivity index (χ1) is 14.5. The van der Waals surface area contributed by atoms with Crippen LogP contribution >= 0.6 is 0 Å². The smallest absolute Gasteiger partial charge is 0.233 e. The summed E-state index contributed by atoms with van der Waals surface area (Å²) in [6, 6.07) is 13.7. The van der Waals surface area contributed by atoms with Crippen molar-refractivity contribution in [3.63, 3.8) is 0 Å². The molecule has 3 heterocycles. The first kappa shape index (κ1) is 20.5. The van der Waals surface area contributed by atoms with Crippen LogP contribution in [0.25, 0.3) is 0 Å². The van der Waals surface area contributed by atoms with Crippen molar-refractivity contribution >= 4 is 11.8 Å². The molecular formula is C24H29N3O3. The van der Waals surface area contributed by atoms with Gasteiger partial charge in [-0.25, -0.2) is 0 Å². The molecule has 1 aromatic heterocycles. The van der Waals surface area contributed by atoms with Crippen molar-refractivity contribution < 1.29 is 14.3 Å². The average molecular weight is 408 g/mol. The maximum atomic E-state index is 14.0. The number of benzene rings is 1. The van der Waals surface area contributed by atoms with Crippen LogP contribution in [0.15, 0.2) is 48.7 Å². The van der Waals surface area contributed by atoms with Gasteiger partial charge in [0.2, 0.25) is 11.8 Å². The second kappa shape index (κ2) is 8.19. The van der Waals surface area contributed by atoms with E-state index in [1.807, 2.05) is 48.2 Å². The van der Waals surface area contributed by atoms with Gasteiger partial charge in [-0.05, 0) is 50.3 Å². The summed E-state index contributed by atoms with van der Waals surface area (Å²) in [7, 11) is 0. The van der Waals surface area contributed by atoms with Gasteiger partial charge in [0.25, 0.3) is 0 Å². The highest BCUT2D eigenvalue weighted by Crippen LogP contribution is 2.40. The zero-order chi connectivity index (χ0) is 21.2. The van der Waals surface area contributed by atoms with E-state index in [1.54, 1.807) is 6.20 Å². The van der Waals surface area contributed by atoms with Gasteiger partial charge >= 0.3 is 0 Å². The summed E-state index contributed by atoms with van der Waals surface area (Å²) < 4.78 is 5.61. The Morgan fingerprint density at radius 3 is 2.53 bits per heavy atom. The molecule has 0 saturated carbocycles. The number of aromatic nitrogens is 1. The number of primary amides is 1. The summed E-state index contributed by atoms with van der Waals surface area (Å²) >= 11 is 0. The number of aryl methyl sites for hydroxylation is 1. The van der Waals surface area contributed by atoms with Gasteiger partial charge in [0.15, 0.2) is 0 Å². The van der Waals surface area contributed by atoms with Crippen LogP contribution in [0.2, 0.25) is 0 Å². The first-order valence-corrected chi connectivity index (χ1v) is 10.6. The minimum atomic E-state index is -0.950. The third-order valence-electron chi connectivity index (χ3n) is 6.73. The van der Waals surface area contributed by atoms with E-state index in [0.717, 1.165) is 11.1 Å².